The van der Waals surface area contributed by atoms with Crippen molar-refractivity contribution in [2.24, 2.45) is 0 Å². The van der Waals surface area contributed by atoms with Crippen LogP contribution in [0.3, 0.4) is 0 Å². The average molecular weight is 514 g/mol. The van der Waals surface area contributed by atoms with Crippen LogP contribution in [-0.4, -0.2) is 77.6 Å². The number of imide groups is 1. The number of carbonyl (C=O) groups is 3. The Kier molecular flexibility index (Phi) is 7.04. The van der Waals surface area contributed by atoms with E-state index in [9.17, 15) is 14.4 Å². The first-order valence-electron chi connectivity index (χ1n) is 12.7. The van der Waals surface area contributed by atoms with Crippen molar-refractivity contribution in [2.75, 3.05) is 43.4 Å². The highest BCUT2D eigenvalue weighted by atomic mass is 35.5. The molecular formula is C25H32ClN7O3. The van der Waals surface area contributed by atoms with Gasteiger partial charge in [-0.3, -0.25) is 9.69 Å². The minimum Gasteiger partial charge on any atom is -0.384 e. The van der Waals surface area contributed by atoms with Crippen LogP contribution in [0.4, 0.5) is 21.1 Å². The summed E-state index contributed by atoms with van der Waals surface area (Å²) in [6.07, 6.45) is 5.05. The van der Waals surface area contributed by atoms with Gasteiger partial charge in [0.05, 0.1) is 5.52 Å². The Bertz CT molecular complexity index is 1160. The molecule has 1 aliphatic carbocycles. The van der Waals surface area contributed by atoms with Crippen LogP contribution in [0.25, 0.3) is 10.9 Å². The number of carbonyl (C=O) groups excluding carboxylic acids is 3. The van der Waals surface area contributed by atoms with Crippen molar-refractivity contribution in [3.05, 3.63) is 29.3 Å². The molecule has 192 valence electrons. The van der Waals surface area contributed by atoms with Crippen molar-refractivity contribution in [3.63, 3.8) is 0 Å². The van der Waals surface area contributed by atoms with Crippen LogP contribution < -0.4 is 21.3 Å². The van der Waals surface area contributed by atoms with Crippen LogP contribution in [0.5, 0.6) is 0 Å². The number of urea groups is 2. The molecule has 5 amide bonds. The molecule has 0 radical (unpaired) electrons. The fraction of sp³-hybridized carbons (Fsp3) is 0.520. The van der Waals surface area contributed by atoms with Crippen molar-refractivity contribution in [1.29, 1.82) is 0 Å². The Labute approximate surface area is 215 Å². The maximum Gasteiger partial charge on any atom is 0.324 e. The van der Waals surface area contributed by atoms with Gasteiger partial charge in [-0.15, -0.1) is 0 Å². The third-order valence-corrected chi connectivity index (χ3v) is 7.58. The summed E-state index contributed by atoms with van der Waals surface area (Å²) in [7, 11) is 0. The van der Waals surface area contributed by atoms with Gasteiger partial charge in [0, 0.05) is 60.9 Å². The molecule has 11 heteroatoms. The zero-order valence-corrected chi connectivity index (χ0v) is 21.0. The molecule has 1 atom stereocenters. The molecule has 4 N–H and O–H groups in total. The standard InChI is InChI=1S/C25H32ClN7O3/c26-16-7-8-18-20(14-16)29-22(27)15-21(18)31-10-12-32(13-11-31)24(35)30-19-6-1-2-9-33(23(19)34)25(36)28-17-4-3-5-17/h7-8,14-15,17,19H,1-6,9-13H2,(H2,27,29)(H,28,36)(H,30,35). The normalized spacial score (nSPS) is 21.2. The lowest BCUT2D eigenvalue weighted by Crippen LogP contribution is -2.58. The number of pyridine rings is 1. The van der Waals surface area contributed by atoms with E-state index < -0.39 is 6.04 Å². The number of nitrogens with two attached hydrogens (primary N) is 1. The number of amides is 5. The van der Waals surface area contributed by atoms with Gasteiger partial charge in [-0.25, -0.2) is 14.6 Å². The molecule has 3 heterocycles. The van der Waals surface area contributed by atoms with Gasteiger partial charge in [-0.2, -0.15) is 0 Å². The highest BCUT2D eigenvalue weighted by molar-refractivity contribution is 6.31. The predicted octanol–water partition coefficient (Wildman–Crippen LogP) is 2.95. The van der Waals surface area contributed by atoms with Crippen LogP contribution in [0.2, 0.25) is 5.02 Å². The topological polar surface area (TPSA) is 124 Å². The zero-order chi connectivity index (χ0) is 25.2. The molecule has 0 bridgehead atoms. The summed E-state index contributed by atoms with van der Waals surface area (Å²) in [5, 5.41) is 7.39. The van der Waals surface area contributed by atoms with Gasteiger partial charge in [-0.05, 0) is 56.7 Å². The Morgan fingerprint density at radius 1 is 0.944 bits per heavy atom. The van der Waals surface area contributed by atoms with E-state index in [1.807, 2.05) is 18.2 Å². The van der Waals surface area contributed by atoms with E-state index in [0.29, 0.717) is 50.0 Å². The Morgan fingerprint density at radius 2 is 1.72 bits per heavy atom. The average Bonchev–Trinajstić information content (AvgIpc) is 3.02. The molecule has 1 aromatic heterocycles. The number of nitrogen functional groups attached to an aromatic ring is 1. The molecule has 3 aliphatic rings. The lowest BCUT2D eigenvalue weighted by molar-refractivity contribution is -0.129. The van der Waals surface area contributed by atoms with Gasteiger partial charge in [0.2, 0.25) is 0 Å². The first-order chi connectivity index (χ1) is 17.4. The molecule has 10 nitrogen and oxygen atoms in total. The van der Waals surface area contributed by atoms with Crippen molar-refractivity contribution < 1.29 is 14.4 Å². The fourth-order valence-electron chi connectivity index (χ4n) is 5.04. The van der Waals surface area contributed by atoms with E-state index in [0.717, 1.165) is 48.7 Å². The molecule has 2 saturated heterocycles. The summed E-state index contributed by atoms with van der Waals surface area (Å²) >= 11 is 6.13. The lowest BCUT2D eigenvalue weighted by Gasteiger charge is -2.37. The first kappa shape index (κ1) is 24.4. The number of rotatable bonds is 3. The molecule has 0 spiro atoms. The number of piperazine rings is 1. The molecule has 2 aliphatic heterocycles. The number of aromatic nitrogens is 1. The molecule has 1 unspecified atom stereocenters. The third kappa shape index (κ3) is 5.13. The van der Waals surface area contributed by atoms with E-state index in [2.05, 4.69) is 20.5 Å². The lowest BCUT2D eigenvalue weighted by atomic mass is 9.93. The molecule has 3 fully saturated rings. The number of hydrogen-bond acceptors (Lipinski definition) is 6. The minimum absolute atomic E-state index is 0.155. The van der Waals surface area contributed by atoms with Gasteiger partial charge >= 0.3 is 12.1 Å². The minimum atomic E-state index is -0.696. The number of hydrogen-bond donors (Lipinski definition) is 3. The largest absolute Gasteiger partial charge is 0.384 e. The number of nitrogens with zero attached hydrogens (tertiary/aromatic N) is 4. The van der Waals surface area contributed by atoms with Crippen LogP contribution in [-0.2, 0) is 4.79 Å². The second kappa shape index (κ2) is 10.4. The highest BCUT2D eigenvalue weighted by Gasteiger charge is 2.34. The van der Waals surface area contributed by atoms with Crippen LogP contribution >= 0.6 is 11.6 Å². The van der Waals surface area contributed by atoms with Gasteiger partial charge in [0.1, 0.15) is 11.9 Å². The number of fused-ring (bicyclic) bond motifs is 1. The molecular weight excluding hydrogens is 482 g/mol. The second-order valence-corrected chi connectivity index (χ2v) is 10.2. The molecule has 2 aromatic rings. The van der Waals surface area contributed by atoms with Crippen LogP contribution in [0.1, 0.15) is 38.5 Å². The van der Waals surface area contributed by atoms with Gasteiger partial charge in [-0.1, -0.05) is 11.6 Å². The number of likely N-dealkylation sites (tertiary alicyclic amines) is 1. The Balaban J connectivity index is 1.20. The Morgan fingerprint density at radius 3 is 2.44 bits per heavy atom. The summed E-state index contributed by atoms with van der Waals surface area (Å²) in [4.78, 5) is 48.4. The maximum atomic E-state index is 13.1. The number of benzene rings is 1. The predicted molar refractivity (Wildman–Crippen MR) is 139 cm³/mol. The van der Waals surface area contributed by atoms with E-state index in [4.69, 9.17) is 17.3 Å². The highest BCUT2D eigenvalue weighted by Crippen LogP contribution is 2.30. The molecule has 1 saturated carbocycles. The van der Waals surface area contributed by atoms with Crippen molar-refractivity contribution in [3.8, 4) is 0 Å². The zero-order valence-electron chi connectivity index (χ0n) is 20.2. The quantitative estimate of drug-likeness (QED) is 0.579. The summed E-state index contributed by atoms with van der Waals surface area (Å²) < 4.78 is 0. The molecule has 36 heavy (non-hydrogen) atoms. The summed E-state index contributed by atoms with van der Waals surface area (Å²) in [6, 6.07) is 6.24. The number of anilines is 2. The van der Waals surface area contributed by atoms with E-state index in [-0.39, 0.29) is 24.0 Å². The van der Waals surface area contributed by atoms with Crippen LogP contribution in [0, 0.1) is 0 Å². The smallest absolute Gasteiger partial charge is 0.324 e. The van der Waals surface area contributed by atoms with E-state index in [1.54, 1.807) is 11.0 Å². The van der Waals surface area contributed by atoms with Crippen molar-refractivity contribution in [2.45, 2.75) is 50.6 Å². The van der Waals surface area contributed by atoms with Crippen molar-refractivity contribution >= 4 is 52.0 Å². The Hall–Kier alpha value is -3.27. The van der Waals surface area contributed by atoms with Crippen LogP contribution in [0.15, 0.2) is 24.3 Å². The fourth-order valence-corrected chi connectivity index (χ4v) is 5.20. The third-order valence-electron chi connectivity index (χ3n) is 7.34. The SMILES string of the molecule is Nc1cc(N2CCN(C(=O)NC3CCCCN(C(=O)NC4CCC4)C3=O)CC2)c2ccc(Cl)cc2n1. The first-order valence-corrected chi connectivity index (χ1v) is 13.0. The monoisotopic (exact) mass is 513 g/mol. The van der Waals surface area contributed by atoms with Gasteiger partial charge < -0.3 is 26.2 Å². The molecule has 5 rings (SSSR count). The summed E-state index contributed by atoms with van der Waals surface area (Å²) in [5.74, 6) is 0.0893. The van der Waals surface area contributed by atoms with Gasteiger partial charge in [0.15, 0.2) is 0 Å². The maximum absolute atomic E-state index is 13.1. The van der Waals surface area contributed by atoms with E-state index >= 15 is 0 Å². The van der Waals surface area contributed by atoms with Crippen molar-refractivity contribution in [1.82, 2.24) is 25.4 Å². The second-order valence-electron chi connectivity index (χ2n) is 9.77. The summed E-state index contributed by atoms with van der Waals surface area (Å²) in [5.41, 5.74) is 7.73. The number of halogens is 1. The van der Waals surface area contributed by atoms with E-state index in [1.165, 1.54) is 4.90 Å². The number of nitrogens with one attached hydrogen (secondary N) is 2. The van der Waals surface area contributed by atoms with Gasteiger partial charge in [0.25, 0.3) is 5.91 Å². The summed E-state index contributed by atoms with van der Waals surface area (Å²) in [6.45, 7) is 2.61. The molecule has 1 aromatic carbocycles.